The van der Waals surface area contributed by atoms with E-state index in [0.717, 1.165) is 37.0 Å². The van der Waals surface area contributed by atoms with Gasteiger partial charge in [0.15, 0.2) is 0 Å². The van der Waals surface area contributed by atoms with Gasteiger partial charge in [0.05, 0.1) is 37.5 Å². The summed E-state index contributed by atoms with van der Waals surface area (Å²) in [5.74, 6) is -0.561. The van der Waals surface area contributed by atoms with Crippen molar-refractivity contribution in [1.82, 2.24) is 10.2 Å². The number of unbranched alkanes of at least 4 members (excludes halogenated alkanes) is 12. The number of hydrogen-bond donors (Lipinski definition) is 1. The monoisotopic (exact) mass is 592 g/mol. The molecule has 242 valence electrons. The molecule has 3 amide bonds. The minimum Gasteiger partial charge on any atom is -0.466 e. The van der Waals surface area contributed by atoms with Crippen LogP contribution in [-0.2, 0) is 19.0 Å². The molecular formula is C34H60N2O6. The lowest BCUT2D eigenvalue weighted by Gasteiger charge is -2.47. The van der Waals surface area contributed by atoms with E-state index < -0.39 is 24.1 Å². The molecule has 8 heteroatoms. The molecule has 0 aromatic carbocycles. The molecule has 0 radical (unpaired) electrons. The zero-order valence-corrected chi connectivity index (χ0v) is 27.5. The van der Waals surface area contributed by atoms with E-state index in [9.17, 15) is 14.4 Å². The highest BCUT2D eigenvalue weighted by atomic mass is 16.6. The fraction of sp³-hybridized carbons (Fsp3) is 0.853. The van der Waals surface area contributed by atoms with Crippen molar-refractivity contribution >= 4 is 18.1 Å². The number of methoxy groups -OCH3 is 1. The first-order chi connectivity index (χ1) is 20.3. The summed E-state index contributed by atoms with van der Waals surface area (Å²) < 4.78 is 16.9. The third-order valence-electron chi connectivity index (χ3n) is 8.89. The number of urea groups is 1. The average Bonchev–Trinajstić information content (AvgIpc) is 2.94. The fourth-order valence-corrected chi connectivity index (χ4v) is 6.90. The van der Waals surface area contributed by atoms with E-state index in [1.54, 1.807) is 13.8 Å². The van der Waals surface area contributed by atoms with Crippen LogP contribution < -0.4 is 5.32 Å². The summed E-state index contributed by atoms with van der Waals surface area (Å²) in [5, 5.41) is 2.69. The van der Waals surface area contributed by atoms with Gasteiger partial charge in [0.1, 0.15) is 0 Å². The number of ether oxygens (including phenoxy) is 3. The molecule has 4 unspecified atom stereocenters. The number of nitrogens with one attached hydrogen (secondary N) is 1. The van der Waals surface area contributed by atoms with Crippen molar-refractivity contribution in [2.24, 2.45) is 11.8 Å². The van der Waals surface area contributed by atoms with Gasteiger partial charge in [0.2, 0.25) is 0 Å². The second kappa shape index (κ2) is 20.0. The number of nitrogens with zero attached hydrogens (tertiary/aromatic N) is 1. The number of carbonyl (C=O) groups is 3. The van der Waals surface area contributed by atoms with E-state index in [2.05, 4.69) is 12.2 Å². The number of carbonyl (C=O) groups excluding carboxylic acids is 3. The molecule has 4 atom stereocenters. The third-order valence-corrected chi connectivity index (χ3v) is 8.89. The maximum atomic E-state index is 13.2. The van der Waals surface area contributed by atoms with Gasteiger partial charge in [-0.2, -0.15) is 0 Å². The number of rotatable bonds is 19. The molecule has 8 nitrogen and oxygen atoms in total. The summed E-state index contributed by atoms with van der Waals surface area (Å²) in [7, 11) is 1.33. The second-order valence-corrected chi connectivity index (χ2v) is 12.5. The minimum atomic E-state index is -0.804. The van der Waals surface area contributed by atoms with Crippen molar-refractivity contribution in [3.63, 3.8) is 0 Å². The number of imide groups is 1. The summed E-state index contributed by atoms with van der Waals surface area (Å²) in [6.45, 7) is 9.81. The van der Waals surface area contributed by atoms with Crippen molar-refractivity contribution in [3.8, 4) is 0 Å². The van der Waals surface area contributed by atoms with Gasteiger partial charge in [-0.05, 0) is 52.9 Å². The predicted molar refractivity (Wildman–Crippen MR) is 167 cm³/mol. The Hall–Kier alpha value is -2.09. The summed E-state index contributed by atoms with van der Waals surface area (Å²) >= 11 is 0. The molecule has 0 saturated heterocycles. The van der Waals surface area contributed by atoms with Crippen molar-refractivity contribution in [2.45, 2.75) is 162 Å². The number of amides is 3. The highest BCUT2D eigenvalue weighted by molar-refractivity contribution is 6.00. The molecule has 0 aromatic heterocycles. The molecule has 1 saturated carbocycles. The van der Waals surface area contributed by atoms with Crippen LogP contribution in [0.25, 0.3) is 0 Å². The van der Waals surface area contributed by atoms with E-state index in [-0.39, 0.29) is 30.7 Å². The first-order valence-corrected chi connectivity index (χ1v) is 17.0. The van der Waals surface area contributed by atoms with Gasteiger partial charge in [0, 0.05) is 11.6 Å². The molecule has 0 bridgehead atoms. The summed E-state index contributed by atoms with van der Waals surface area (Å²) in [6, 6.07) is -1.38. The fourth-order valence-electron chi connectivity index (χ4n) is 6.90. The lowest BCUT2D eigenvalue weighted by atomic mass is 9.68. The summed E-state index contributed by atoms with van der Waals surface area (Å²) in [5.41, 5.74) is 0.732. The number of esters is 1. The van der Waals surface area contributed by atoms with Gasteiger partial charge in [0.25, 0.3) is 0 Å². The number of allylic oxidation sites excluding steroid dienone is 1. The summed E-state index contributed by atoms with van der Waals surface area (Å²) in [4.78, 5) is 40.6. The minimum absolute atomic E-state index is 0.0206. The lowest BCUT2D eigenvalue weighted by molar-refractivity contribution is -0.138. The van der Waals surface area contributed by atoms with Crippen LogP contribution in [0, 0.1) is 11.8 Å². The van der Waals surface area contributed by atoms with Crippen molar-refractivity contribution in [3.05, 3.63) is 11.3 Å². The van der Waals surface area contributed by atoms with Gasteiger partial charge in [-0.25, -0.2) is 19.3 Å². The van der Waals surface area contributed by atoms with Crippen LogP contribution in [-0.4, -0.2) is 55.0 Å². The van der Waals surface area contributed by atoms with E-state index >= 15 is 0 Å². The quantitative estimate of drug-likeness (QED) is 0.119. The Morgan fingerprint density at radius 1 is 0.905 bits per heavy atom. The SMILES string of the molecule is CCCCCCCCCCCCCCCC1CCCC(OC(C)C)C1C1C(C(=O)OC)=C(C)NC(=O)N1C(=O)OCC. The molecule has 1 heterocycles. The van der Waals surface area contributed by atoms with E-state index in [0.29, 0.717) is 11.3 Å². The summed E-state index contributed by atoms with van der Waals surface area (Å²) in [6.07, 6.45) is 19.8. The van der Waals surface area contributed by atoms with Gasteiger partial charge in [-0.1, -0.05) is 96.8 Å². The Bertz CT molecular complexity index is 857. The highest BCUT2D eigenvalue weighted by Gasteiger charge is 2.51. The maximum Gasteiger partial charge on any atom is 0.418 e. The molecule has 1 N–H and O–H groups in total. The Balaban J connectivity index is 2.09. The van der Waals surface area contributed by atoms with Crippen LogP contribution in [0.4, 0.5) is 9.59 Å². The standard InChI is InChI=1S/C34H60N2O6/c1-7-9-10-11-12-13-14-15-16-17-18-19-20-22-27-23-21-24-28(42-25(3)4)30(27)31-29(32(37)40-6)26(5)35-33(38)36(31)34(39)41-8-2/h25,27-28,30-31H,7-24H2,1-6H3,(H,35,38). The van der Waals surface area contributed by atoms with E-state index in [1.165, 1.54) is 84.2 Å². The molecule has 42 heavy (non-hydrogen) atoms. The van der Waals surface area contributed by atoms with Crippen LogP contribution in [0.1, 0.15) is 144 Å². The molecular weight excluding hydrogens is 532 g/mol. The highest BCUT2D eigenvalue weighted by Crippen LogP contribution is 2.43. The Morgan fingerprint density at radius 2 is 1.48 bits per heavy atom. The van der Waals surface area contributed by atoms with Gasteiger partial charge in [-0.15, -0.1) is 0 Å². The van der Waals surface area contributed by atoms with Gasteiger partial charge in [-0.3, -0.25) is 0 Å². The van der Waals surface area contributed by atoms with Crippen LogP contribution >= 0.6 is 0 Å². The first-order valence-electron chi connectivity index (χ1n) is 17.0. The molecule has 2 rings (SSSR count). The predicted octanol–water partition coefficient (Wildman–Crippen LogP) is 8.67. The normalized spacial score (nSPS) is 22.8. The number of hydrogen-bond acceptors (Lipinski definition) is 6. The van der Waals surface area contributed by atoms with Crippen LogP contribution in [0.15, 0.2) is 11.3 Å². The largest absolute Gasteiger partial charge is 0.466 e. The van der Waals surface area contributed by atoms with Crippen molar-refractivity contribution < 1.29 is 28.6 Å². The molecule has 0 spiro atoms. The lowest BCUT2D eigenvalue weighted by Crippen LogP contribution is -2.61. The Kier molecular flexibility index (Phi) is 17.2. The van der Waals surface area contributed by atoms with Crippen molar-refractivity contribution in [2.75, 3.05) is 13.7 Å². The molecule has 0 aromatic rings. The van der Waals surface area contributed by atoms with Crippen LogP contribution in [0.5, 0.6) is 0 Å². The average molecular weight is 593 g/mol. The molecule has 1 aliphatic heterocycles. The van der Waals surface area contributed by atoms with Crippen molar-refractivity contribution in [1.29, 1.82) is 0 Å². The van der Waals surface area contributed by atoms with Gasteiger partial charge >= 0.3 is 18.1 Å². The molecule has 1 fully saturated rings. The maximum absolute atomic E-state index is 13.2. The van der Waals surface area contributed by atoms with Crippen LogP contribution in [0.3, 0.4) is 0 Å². The van der Waals surface area contributed by atoms with E-state index in [4.69, 9.17) is 14.2 Å². The Morgan fingerprint density at radius 3 is 2.00 bits per heavy atom. The first kappa shape index (κ1) is 36.1. The molecule has 1 aliphatic carbocycles. The second-order valence-electron chi connectivity index (χ2n) is 12.5. The zero-order chi connectivity index (χ0) is 30.9. The van der Waals surface area contributed by atoms with Crippen LogP contribution in [0.2, 0.25) is 0 Å². The smallest absolute Gasteiger partial charge is 0.418 e. The Labute approximate surface area is 255 Å². The topological polar surface area (TPSA) is 94.2 Å². The third kappa shape index (κ3) is 11.2. The zero-order valence-electron chi connectivity index (χ0n) is 27.5. The van der Waals surface area contributed by atoms with E-state index in [1.807, 2.05) is 13.8 Å². The molecule has 2 aliphatic rings. The van der Waals surface area contributed by atoms with Gasteiger partial charge < -0.3 is 19.5 Å².